The molecule has 0 saturated carbocycles. The minimum Gasteiger partial charge on any atom is -0.493 e. The summed E-state index contributed by atoms with van der Waals surface area (Å²) in [5.74, 6) is -1.99. The molecular weight excluding hydrogens is 955 g/mol. The molecule has 0 bridgehead atoms. The van der Waals surface area contributed by atoms with Crippen LogP contribution in [0.1, 0.15) is 96.1 Å². The van der Waals surface area contributed by atoms with Crippen LogP contribution in [0.2, 0.25) is 5.02 Å². The number of piperidine rings is 1. The number of amides is 5. The van der Waals surface area contributed by atoms with E-state index >= 15 is 0 Å². The third-order valence-electron chi connectivity index (χ3n) is 14.9. The summed E-state index contributed by atoms with van der Waals surface area (Å²) in [6.45, 7) is 12.9. The van der Waals surface area contributed by atoms with Crippen molar-refractivity contribution in [3.05, 3.63) is 111 Å². The number of hydrogen-bond acceptors (Lipinski definition) is 11. The Bertz CT molecular complexity index is 3230. The molecule has 16 nitrogen and oxygen atoms in total. The zero-order valence-corrected chi connectivity index (χ0v) is 42.6. The second kappa shape index (κ2) is 19.6. The minimum atomic E-state index is -1.31. The molecule has 3 N–H and O–H groups in total. The summed E-state index contributed by atoms with van der Waals surface area (Å²) < 4.78 is 30.9. The molecule has 4 aliphatic heterocycles. The Morgan fingerprint density at radius 3 is 2.49 bits per heavy atom. The molecule has 18 heteroatoms. The highest BCUT2D eigenvalue weighted by Crippen LogP contribution is 2.44. The molecule has 10 rings (SSSR count). The quantitative estimate of drug-likeness (QED) is 0.0528. The van der Waals surface area contributed by atoms with Gasteiger partial charge in [-0.2, -0.15) is 5.10 Å². The van der Waals surface area contributed by atoms with E-state index in [9.17, 15) is 33.5 Å². The molecule has 4 aromatic carbocycles. The number of aliphatic hydroxyl groups excluding tert-OH is 1. The van der Waals surface area contributed by atoms with Crippen LogP contribution >= 0.6 is 11.6 Å². The van der Waals surface area contributed by atoms with Gasteiger partial charge in [0.05, 0.1) is 51.8 Å². The van der Waals surface area contributed by atoms with Gasteiger partial charge in [-0.15, -0.1) is 0 Å². The number of aliphatic hydroxyl groups is 1. The van der Waals surface area contributed by atoms with E-state index in [-0.39, 0.29) is 54.2 Å². The lowest BCUT2D eigenvalue weighted by atomic mass is 9.98. The molecule has 4 aliphatic rings. The zero-order chi connectivity index (χ0) is 51.6. The summed E-state index contributed by atoms with van der Waals surface area (Å²) in [7, 11) is 1.91. The van der Waals surface area contributed by atoms with Crippen LogP contribution in [-0.2, 0) is 39.1 Å². The molecule has 3 saturated heterocycles. The van der Waals surface area contributed by atoms with Crippen molar-refractivity contribution in [3.8, 4) is 16.9 Å². The topological polar surface area (TPSA) is 181 Å². The Kier molecular flexibility index (Phi) is 13.4. The number of imide groups is 2. The average Bonchev–Trinajstić information content (AvgIpc) is 4.13. The van der Waals surface area contributed by atoms with Gasteiger partial charge in [0.1, 0.15) is 17.6 Å². The first kappa shape index (κ1) is 49.9. The summed E-state index contributed by atoms with van der Waals surface area (Å²) in [5, 5.41) is 25.5. The lowest BCUT2D eigenvalue weighted by Gasteiger charge is -2.28. The first-order chi connectivity index (χ1) is 34.9. The molecule has 4 atom stereocenters. The van der Waals surface area contributed by atoms with Crippen molar-refractivity contribution in [1.29, 1.82) is 0 Å². The number of aromatic nitrogens is 3. The summed E-state index contributed by atoms with van der Waals surface area (Å²) in [5.41, 5.74) is 5.75. The van der Waals surface area contributed by atoms with Crippen LogP contribution in [0.5, 0.6) is 5.75 Å². The first-order valence-electron chi connectivity index (χ1n) is 25.0. The highest BCUT2D eigenvalue weighted by molar-refractivity contribution is 6.35. The Balaban J connectivity index is 0.902. The van der Waals surface area contributed by atoms with Crippen LogP contribution in [-0.4, -0.2) is 121 Å². The first-order valence-corrected chi connectivity index (χ1v) is 25.4. The monoisotopic (exact) mass is 1010 g/mol. The van der Waals surface area contributed by atoms with Gasteiger partial charge in [0.25, 0.3) is 11.8 Å². The highest BCUT2D eigenvalue weighted by Gasteiger charge is 2.46. The number of anilines is 1. The summed E-state index contributed by atoms with van der Waals surface area (Å²) in [4.78, 5) is 70.8. The fourth-order valence-electron chi connectivity index (χ4n) is 11.5. The maximum absolute atomic E-state index is 14.1. The number of aryl methyl sites for hydroxylation is 3. The number of ether oxygens (including phenoxy) is 2. The molecule has 2 aromatic heterocycles. The maximum Gasteiger partial charge on any atom is 0.264 e. The SMILES string of the molecule is Cc1nn(C)c(C)c1-c1c(Cl)ccc2c(CCCOc3cccc4cc(F)ccc34)c(C(O)OC(C)(C)C)n(CCN3CCC4CN(C(=O)CNc5cccc6c5C(=O)N(C5CCC(=O)NC5=O)C6=O)CC43)c12. The van der Waals surface area contributed by atoms with E-state index < -0.39 is 41.6 Å². The van der Waals surface area contributed by atoms with Gasteiger partial charge < -0.3 is 29.4 Å². The van der Waals surface area contributed by atoms with Gasteiger partial charge in [-0.25, -0.2) is 4.39 Å². The van der Waals surface area contributed by atoms with Gasteiger partial charge in [0, 0.05) is 79.0 Å². The summed E-state index contributed by atoms with van der Waals surface area (Å²) >= 11 is 7.26. The van der Waals surface area contributed by atoms with Gasteiger partial charge in [-0.3, -0.25) is 43.8 Å². The number of halogens is 2. The molecule has 6 aromatic rings. The summed E-state index contributed by atoms with van der Waals surface area (Å²) in [6.07, 6.45) is 0.751. The van der Waals surface area contributed by atoms with E-state index in [1.807, 2.05) is 81.6 Å². The Morgan fingerprint density at radius 1 is 0.959 bits per heavy atom. The summed E-state index contributed by atoms with van der Waals surface area (Å²) in [6, 6.07) is 17.9. The van der Waals surface area contributed by atoms with Crippen molar-refractivity contribution in [2.24, 2.45) is 13.0 Å². The number of carbonyl (C=O) groups excluding carboxylic acids is 5. The second-order valence-electron chi connectivity index (χ2n) is 20.6. The lowest BCUT2D eigenvalue weighted by Crippen LogP contribution is -2.54. The van der Waals surface area contributed by atoms with Gasteiger partial charge in [-0.1, -0.05) is 35.9 Å². The number of rotatable bonds is 15. The maximum atomic E-state index is 14.1. The predicted molar refractivity (Wildman–Crippen MR) is 274 cm³/mol. The number of fused-ring (bicyclic) bond motifs is 4. The molecule has 3 fully saturated rings. The van der Waals surface area contributed by atoms with Crippen LogP contribution in [0.4, 0.5) is 10.1 Å². The molecule has 5 amide bonds. The molecule has 382 valence electrons. The van der Waals surface area contributed by atoms with E-state index in [1.165, 1.54) is 18.2 Å². The number of carbonyl (C=O) groups is 5. The van der Waals surface area contributed by atoms with Crippen molar-refractivity contribution in [3.63, 3.8) is 0 Å². The van der Waals surface area contributed by atoms with E-state index in [0.717, 1.165) is 67.6 Å². The van der Waals surface area contributed by atoms with E-state index in [1.54, 1.807) is 18.2 Å². The van der Waals surface area contributed by atoms with Gasteiger partial charge in [-0.05, 0) is 126 Å². The second-order valence-corrected chi connectivity index (χ2v) is 21.0. The normalized spacial score (nSPS) is 19.6. The van der Waals surface area contributed by atoms with Crippen molar-refractivity contribution >= 4 is 68.5 Å². The van der Waals surface area contributed by atoms with Crippen molar-refractivity contribution in [2.45, 2.75) is 97.2 Å². The van der Waals surface area contributed by atoms with Gasteiger partial charge >= 0.3 is 0 Å². The molecule has 73 heavy (non-hydrogen) atoms. The van der Waals surface area contributed by atoms with E-state index in [0.29, 0.717) is 67.8 Å². The van der Waals surface area contributed by atoms with Crippen LogP contribution in [0.3, 0.4) is 0 Å². The number of benzene rings is 4. The number of nitrogens with one attached hydrogen (secondary N) is 2. The Labute approximate surface area is 427 Å². The van der Waals surface area contributed by atoms with Crippen molar-refractivity contribution < 1.29 is 42.9 Å². The largest absolute Gasteiger partial charge is 0.493 e. The minimum absolute atomic E-state index is 0.0118. The standard InChI is InChI=1S/C55H60ClFN8O8/c1-30-46(31(2)61(6)60-30)48-39(56)18-17-37-36(12-9-25-72-43-14-7-10-32-26-34(57)15-16-35(32)43)50(54(71)73-55(3,4)5)64(49(37)48)24-23-62-22-21-33-28-63(29-42(33)62)45(67)27-58-40-13-8-11-38-47(40)53(70)65(52(38)69)41-19-20-44(66)59-51(41)68/h7-8,10-11,13-18,26,33,41-42,54,58,71H,9,12,19-25,27-29H2,1-6H3,(H,59,66,68). The van der Waals surface area contributed by atoms with Crippen molar-refractivity contribution in [2.75, 3.05) is 44.6 Å². The van der Waals surface area contributed by atoms with E-state index in [2.05, 4.69) is 20.1 Å². The van der Waals surface area contributed by atoms with Gasteiger partial charge in [0.2, 0.25) is 17.7 Å². The van der Waals surface area contributed by atoms with Crippen LogP contribution in [0.25, 0.3) is 32.8 Å². The van der Waals surface area contributed by atoms with Gasteiger partial charge in [0.15, 0.2) is 6.29 Å². The predicted octanol–water partition coefficient (Wildman–Crippen LogP) is 7.47. The smallest absolute Gasteiger partial charge is 0.264 e. The zero-order valence-electron chi connectivity index (χ0n) is 41.9. The van der Waals surface area contributed by atoms with E-state index in [4.69, 9.17) is 26.2 Å². The van der Waals surface area contributed by atoms with Crippen molar-refractivity contribution in [1.82, 2.24) is 34.4 Å². The fraction of sp³-hybridized carbons (Fsp3) is 0.418. The average molecular weight is 1020 g/mol. The van der Waals surface area contributed by atoms with Crippen LogP contribution < -0.4 is 15.4 Å². The third-order valence-corrected chi connectivity index (χ3v) is 15.3. The van der Waals surface area contributed by atoms with Crippen LogP contribution in [0.15, 0.2) is 66.7 Å². The number of nitrogens with zero attached hydrogens (tertiary/aromatic N) is 6. The fourth-order valence-corrected chi connectivity index (χ4v) is 11.8. The Morgan fingerprint density at radius 2 is 1.74 bits per heavy atom. The molecule has 0 spiro atoms. The molecular formula is C55H60ClFN8O8. The number of likely N-dealkylation sites (tertiary alicyclic amines) is 2. The molecule has 0 radical (unpaired) electrons. The van der Waals surface area contributed by atoms with Crippen LogP contribution in [0, 0.1) is 25.6 Å². The lowest BCUT2D eigenvalue weighted by molar-refractivity contribution is -0.173. The number of hydrogen-bond donors (Lipinski definition) is 3. The Hall–Kier alpha value is -6.66. The molecule has 0 aliphatic carbocycles. The molecule has 4 unspecified atom stereocenters. The highest BCUT2D eigenvalue weighted by atomic mass is 35.5. The molecule has 6 heterocycles. The third kappa shape index (κ3) is 9.36.